The van der Waals surface area contributed by atoms with Crippen molar-refractivity contribution < 1.29 is 4.74 Å². The maximum Gasteiger partial charge on any atom is 0.159 e. The highest BCUT2D eigenvalue weighted by Gasteiger charge is 2.16. The molecule has 0 bridgehead atoms. The molecule has 5 aromatic heterocycles. The zero-order chi connectivity index (χ0) is 27.5. The molecule has 8 nitrogen and oxygen atoms in total. The molecule has 0 radical (unpaired) electrons. The van der Waals surface area contributed by atoms with E-state index in [1.54, 1.807) is 17.5 Å². The van der Waals surface area contributed by atoms with Crippen LogP contribution in [0.4, 0.5) is 0 Å². The van der Waals surface area contributed by atoms with Crippen molar-refractivity contribution in [1.29, 1.82) is 0 Å². The van der Waals surface area contributed by atoms with E-state index in [1.165, 1.54) is 25.9 Å². The summed E-state index contributed by atoms with van der Waals surface area (Å²) in [6.45, 7) is 10.1. The first-order valence-electron chi connectivity index (χ1n) is 13.7. The number of hydrogen-bond donors (Lipinski definition) is 2. The molecule has 0 saturated carbocycles. The lowest BCUT2D eigenvalue weighted by Gasteiger charge is -2.15. The largest absolute Gasteiger partial charge is 0.491 e. The molecule has 0 aromatic carbocycles. The fourth-order valence-corrected chi connectivity index (χ4v) is 5.86. The van der Waals surface area contributed by atoms with Crippen molar-refractivity contribution in [3.8, 4) is 27.8 Å². The van der Waals surface area contributed by atoms with Crippen molar-refractivity contribution in [2.24, 2.45) is 0 Å². The number of hydrogen-bond acceptors (Lipinski definition) is 7. The molecule has 2 N–H and O–H groups in total. The number of pyridine rings is 2. The number of fused-ring (bicyclic) bond motifs is 1. The molecule has 0 atom stereocenters. The lowest BCUT2D eigenvalue weighted by Crippen LogP contribution is -2.26. The molecule has 0 aliphatic carbocycles. The number of aromatic amines is 2. The van der Waals surface area contributed by atoms with Crippen molar-refractivity contribution in [2.45, 2.75) is 33.6 Å². The van der Waals surface area contributed by atoms with Gasteiger partial charge in [-0.25, -0.2) is 4.98 Å². The van der Waals surface area contributed by atoms with E-state index < -0.39 is 0 Å². The van der Waals surface area contributed by atoms with Crippen molar-refractivity contribution in [1.82, 2.24) is 35.0 Å². The Balaban J connectivity index is 1.37. The molecule has 1 saturated heterocycles. The minimum atomic E-state index is 0.661. The summed E-state index contributed by atoms with van der Waals surface area (Å²) in [6.07, 6.45) is 12.3. The standard InChI is InChI=1S/C31H33N7OS/c1-4-21(22-16-23(19-32-18-22)39-14-13-38-11-5-6-12-38)17-24-27(20(2)3)36-37-28(24)31-34-25-9-10-33-30(29(25)35-31)26-8-7-15-40-26/h4,7-10,15-19,36H,5-6,11-14H2,1-3H3,(H,34,35)/b21-4+,24-17+. The van der Waals surface area contributed by atoms with E-state index in [0.717, 1.165) is 66.9 Å². The Bertz CT molecular complexity index is 1770. The van der Waals surface area contributed by atoms with Crippen LogP contribution in [0.1, 0.15) is 39.2 Å². The first-order valence-corrected chi connectivity index (χ1v) is 14.6. The van der Waals surface area contributed by atoms with Crippen LogP contribution < -0.4 is 15.3 Å². The fraction of sp³-hybridized carbons (Fsp3) is 0.290. The maximum atomic E-state index is 6.08. The number of H-pyrrole nitrogens is 2. The normalized spacial score (nSPS) is 14.9. The lowest BCUT2D eigenvalue weighted by molar-refractivity contribution is 0.237. The van der Waals surface area contributed by atoms with E-state index in [-0.39, 0.29) is 0 Å². The highest BCUT2D eigenvalue weighted by molar-refractivity contribution is 7.13. The van der Waals surface area contributed by atoms with E-state index in [0.29, 0.717) is 12.4 Å². The smallest absolute Gasteiger partial charge is 0.159 e. The summed E-state index contributed by atoms with van der Waals surface area (Å²) in [7, 11) is 0. The molecule has 5 aromatic rings. The van der Waals surface area contributed by atoms with Gasteiger partial charge in [0.05, 0.1) is 21.9 Å². The molecule has 6 heterocycles. The van der Waals surface area contributed by atoms with Gasteiger partial charge in [-0.05, 0) is 81.9 Å². The lowest BCUT2D eigenvalue weighted by atomic mass is 10.1. The van der Waals surface area contributed by atoms with Gasteiger partial charge in [0.15, 0.2) is 5.82 Å². The predicted octanol–water partition coefficient (Wildman–Crippen LogP) is 5.02. The molecule has 6 rings (SSSR count). The van der Waals surface area contributed by atoms with Crippen LogP contribution in [0.25, 0.3) is 50.3 Å². The number of allylic oxidation sites excluding steroid dienone is 2. The van der Waals surface area contributed by atoms with Gasteiger partial charge in [0.1, 0.15) is 29.3 Å². The van der Waals surface area contributed by atoms with Gasteiger partial charge in [-0.3, -0.25) is 20.0 Å². The number of nitrogens with zero attached hydrogens (tertiary/aromatic N) is 5. The van der Waals surface area contributed by atoms with Crippen molar-refractivity contribution >= 4 is 39.6 Å². The quantitative estimate of drug-likeness (QED) is 0.281. The number of rotatable bonds is 8. The van der Waals surface area contributed by atoms with Crippen LogP contribution in [0.3, 0.4) is 0 Å². The van der Waals surface area contributed by atoms with E-state index >= 15 is 0 Å². The van der Waals surface area contributed by atoms with E-state index in [2.05, 4.69) is 68.5 Å². The highest BCUT2D eigenvalue weighted by Crippen LogP contribution is 2.29. The van der Waals surface area contributed by atoms with E-state index in [9.17, 15) is 0 Å². The number of likely N-dealkylation sites (tertiary alicyclic amines) is 1. The summed E-state index contributed by atoms with van der Waals surface area (Å²) in [5, 5.41) is 11.9. The summed E-state index contributed by atoms with van der Waals surface area (Å²) in [5.74, 6) is 1.48. The van der Waals surface area contributed by atoms with Crippen LogP contribution in [0.5, 0.6) is 5.75 Å². The second kappa shape index (κ2) is 11.6. The Hall–Kier alpha value is -4.08. The molecule has 0 spiro atoms. The summed E-state index contributed by atoms with van der Waals surface area (Å²) in [4.78, 5) is 21.1. The molecule has 1 aliphatic heterocycles. The molecule has 0 amide bonds. The maximum absolute atomic E-state index is 6.08. The van der Waals surface area contributed by atoms with Crippen LogP contribution in [0, 0.1) is 0 Å². The zero-order valence-corrected chi connectivity index (χ0v) is 23.9. The molecular formula is C31H33N7OS. The average Bonchev–Trinajstić information content (AvgIpc) is 3.78. The van der Waals surface area contributed by atoms with Crippen molar-refractivity contribution in [2.75, 3.05) is 26.2 Å². The molecule has 1 fully saturated rings. The second-order valence-electron chi connectivity index (χ2n) is 10.2. The summed E-state index contributed by atoms with van der Waals surface area (Å²) in [5.41, 5.74) is 6.54. The van der Waals surface area contributed by atoms with Gasteiger partial charge in [0.2, 0.25) is 0 Å². The third-order valence-corrected chi connectivity index (χ3v) is 8.09. The topological polar surface area (TPSA) is 95.6 Å². The Morgan fingerprint density at radius 3 is 2.80 bits per heavy atom. The number of aromatic nitrogens is 6. The Morgan fingerprint density at radius 1 is 1.15 bits per heavy atom. The molecule has 40 heavy (non-hydrogen) atoms. The third kappa shape index (κ3) is 5.35. The van der Waals surface area contributed by atoms with Crippen molar-refractivity contribution in [3.63, 3.8) is 0 Å². The van der Waals surface area contributed by atoms with Crippen LogP contribution in [-0.4, -0.2) is 61.3 Å². The van der Waals surface area contributed by atoms with Crippen LogP contribution in [0.15, 0.2) is 54.3 Å². The average molecular weight is 552 g/mol. The van der Waals surface area contributed by atoms with Crippen LogP contribution in [-0.2, 0) is 0 Å². The Kier molecular flexibility index (Phi) is 7.57. The van der Waals surface area contributed by atoms with E-state index in [4.69, 9.17) is 14.8 Å². The third-order valence-electron chi connectivity index (χ3n) is 7.22. The molecule has 9 heteroatoms. The molecular weight excluding hydrogens is 518 g/mol. The first kappa shape index (κ1) is 26.2. The Labute approximate surface area is 237 Å². The summed E-state index contributed by atoms with van der Waals surface area (Å²) >= 11 is 1.65. The van der Waals surface area contributed by atoms with E-state index in [1.807, 2.05) is 31.5 Å². The minimum absolute atomic E-state index is 0.661. The monoisotopic (exact) mass is 551 g/mol. The minimum Gasteiger partial charge on any atom is -0.491 e. The van der Waals surface area contributed by atoms with Gasteiger partial charge in [0.25, 0.3) is 0 Å². The van der Waals surface area contributed by atoms with Crippen molar-refractivity contribution in [3.05, 3.63) is 70.4 Å². The number of thiophene rings is 1. The van der Waals surface area contributed by atoms with Crippen LogP contribution >= 0.6 is 11.3 Å². The highest BCUT2D eigenvalue weighted by atomic mass is 32.1. The second-order valence-corrected chi connectivity index (χ2v) is 11.1. The summed E-state index contributed by atoms with van der Waals surface area (Å²) < 4.78 is 6.08. The Morgan fingerprint density at radius 2 is 2.02 bits per heavy atom. The number of ether oxygens (including phenoxy) is 1. The van der Waals surface area contributed by atoms with Gasteiger partial charge in [0, 0.05) is 29.7 Å². The van der Waals surface area contributed by atoms with Crippen LogP contribution in [0.2, 0.25) is 0 Å². The fourth-order valence-electron chi connectivity index (χ4n) is 5.14. The molecule has 0 unspecified atom stereocenters. The SMILES string of the molecule is C/C=C(\C=c1\c(-c2nc3c(-c4cccs4)nccc3[nH]2)n[nH]c1=C(C)C)c1cncc(OCCN2CCCC2)c1. The first-order chi connectivity index (χ1) is 19.6. The number of nitrogens with one attached hydrogen (secondary N) is 2. The van der Waals surface area contributed by atoms with Gasteiger partial charge in [-0.1, -0.05) is 17.7 Å². The predicted molar refractivity (Wildman–Crippen MR) is 162 cm³/mol. The number of imidazole rings is 1. The summed E-state index contributed by atoms with van der Waals surface area (Å²) in [6, 6.07) is 8.11. The van der Waals surface area contributed by atoms with Gasteiger partial charge < -0.3 is 9.72 Å². The molecule has 204 valence electrons. The van der Waals surface area contributed by atoms with Gasteiger partial charge >= 0.3 is 0 Å². The molecule has 1 aliphatic rings. The zero-order valence-electron chi connectivity index (χ0n) is 23.1. The van der Waals surface area contributed by atoms with Gasteiger partial charge in [-0.2, -0.15) is 5.10 Å². The van der Waals surface area contributed by atoms with Gasteiger partial charge in [-0.15, -0.1) is 11.3 Å².